The Kier molecular flexibility index (Phi) is 3.55. The molecule has 0 bridgehead atoms. The van der Waals surface area contributed by atoms with Crippen LogP contribution in [0.1, 0.15) is 27.6 Å². The smallest absolute Gasteiger partial charge is 0.354 e. The van der Waals surface area contributed by atoms with Gasteiger partial charge in [0.25, 0.3) is 0 Å². The molecule has 1 N–H and O–H groups in total. The van der Waals surface area contributed by atoms with E-state index in [1.807, 2.05) is 24.3 Å². The minimum atomic E-state index is -0.965. The largest absolute Gasteiger partial charge is 0.496 e. The zero-order valence-corrected chi connectivity index (χ0v) is 11.2. The first kappa shape index (κ1) is 13.1. The maximum Gasteiger partial charge on any atom is 0.354 e. The lowest BCUT2D eigenvalue weighted by Crippen LogP contribution is -2.12. The van der Waals surface area contributed by atoms with Crippen molar-refractivity contribution in [3.8, 4) is 5.75 Å². The monoisotopic (exact) mass is 260 g/mol. The topological polar surface area (TPSA) is 64.4 Å². The number of para-hydroxylation sites is 1. The van der Waals surface area contributed by atoms with Gasteiger partial charge >= 0.3 is 5.97 Å². The van der Waals surface area contributed by atoms with E-state index in [9.17, 15) is 9.90 Å². The number of benzene rings is 1. The van der Waals surface area contributed by atoms with E-state index in [2.05, 4.69) is 4.98 Å². The van der Waals surface area contributed by atoms with Gasteiger partial charge in [-0.1, -0.05) is 18.2 Å². The summed E-state index contributed by atoms with van der Waals surface area (Å²) in [6.07, 6.45) is 0. The zero-order valence-electron chi connectivity index (χ0n) is 11.2. The predicted molar refractivity (Wildman–Crippen MR) is 70.8 cm³/mol. The minimum absolute atomic E-state index is 0.225. The summed E-state index contributed by atoms with van der Waals surface area (Å²) in [7, 11) is 1.60. The van der Waals surface area contributed by atoms with Gasteiger partial charge < -0.3 is 14.4 Å². The summed E-state index contributed by atoms with van der Waals surface area (Å²) >= 11 is 0. The fourth-order valence-corrected chi connectivity index (χ4v) is 2.18. The molecule has 0 aliphatic carbocycles. The van der Waals surface area contributed by atoms with E-state index in [-0.39, 0.29) is 5.69 Å². The lowest BCUT2D eigenvalue weighted by atomic mass is 10.2. The highest BCUT2D eigenvalue weighted by molar-refractivity contribution is 5.87. The Morgan fingerprint density at radius 3 is 2.68 bits per heavy atom. The number of ether oxygens (including phenoxy) is 1. The number of carboxylic acid groups (broad SMARTS) is 1. The van der Waals surface area contributed by atoms with E-state index in [0.29, 0.717) is 18.1 Å². The van der Waals surface area contributed by atoms with Crippen molar-refractivity contribution >= 4 is 5.97 Å². The highest BCUT2D eigenvalue weighted by atomic mass is 16.5. The fraction of sp³-hybridized carbons (Fsp3) is 0.286. The molecule has 0 aliphatic rings. The number of aromatic nitrogens is 2. The average Bonchev–Trinajstić information content (AvgIpc) is 2.65. The van der Waals surface area contributed by atoms with Crippen LogP contribution in [0, 0.1) is 13.8 Å². The molecule has 2 aromatic rings. The van der Waals surface area contributed by atoms with Gasteiger partial charge in [-0.05, 0) is 19.9 Å². The van der Waals surface area contributed by atoms with E-state index in [1.54, 1.807) is 25.5 Å². The Bertz CT molecular complexity index is 617. The molecule has 0 aliphatic heterocycles. The van der Waals surface area contributed by atoms with Crippen LogP contribution in [0.5, 0.6) is 5.75 Å². The van der Waals surface area contributed by atoms with Crippen LogP contribution in [0.4, 0.5) is 0 Å². The Balaban J connectivity index is 2.46. The standard InChI is InChI=1S/C14H16N2O3/c1-9-13(14(17)18)16(10(2)15-9)8-11-6-4-5-7-12(11)19-3/h4-7H,8H2,1-3H3,(H,17,18). The SMILES string of the molecule is COc1ccccc1Cn1c(C)nc(C)c1C(=O)O. The third-order valence-corrected chi connectivity index (χ3v) is 3.06. The van der Waals surface area contributed by atoms with Crippen LogP contribution in [0.15, 0.2) is 24.3 Å². The van der Waals surface area contributed by atoms with E-state index < -0.39 is 5.97 Å². The number of hydrogen-bond donors (Lipinski definition) is 1. The summed E-state index contributed by atoms with van der Waals surface area (Å²) in [6.45, 7) is 3.93. The molecule has 2 rings (SSSR count). The maximum absolute atomic E-state index is 11.3. The number of nitrogens with zero attached hydrogens (tertiary/aromatic N) is 2. The molecule has 5 heteroatoms. The van der Waals surface area contributed by atoms with Crippen LogP contribution in [0.25, 0.3) is 0 Å². The molecule has 1 aromatic carbocycles. The lowest BCUT2D eigenvalue weighted by Gasteiger charge is -2.11. The number of carboxylic acids is 1. The molecule has 0 unspecified atom stereocenters. The normalized spacial score (nSPS) is 10.5. The van der Waals surface area contributed by atoms with Crippen LogP contribution < -0.4 is 4.74 Å². The second-order valence-corrected chi connectivity index (χ2v) is 4.30. The van der Waals surface area contributed by atoms with Gasteiger partial charge in [0.2, 0.25) is 0 Å². The first-order chi connectivity index (χ1) is 9.04. The van der Waals surface area contributed by atoms with Crippen LogP contribution in [-0.2, 0) is 6.54 Å². The van der Waals surface area contributed by atoms with E-state index in [1.165, 1.54) is 0 Å². The van der Waals surface area contributed by atoms with Crippen molar-refractivity contribution in [3.63, 3.8) is 0 Å². The van der Waals surface area contributed by atoms with Crippen molar-refractivity contribution in [1.82, 2.24) is 9.55 Å². The van der Waals surface area contributed by atoms with E-state index in [4.69, 9.17) is 4.74 Å². The van der Waals surface area contributed by atoms with Crippen molar-refractivity contribution in [3.05, 3.63) is 47.0 Å². The summed E-state index contributed by atoms with van der Waals surface area (Å²) in [5, 5.41) is 9.27. The maximum atomic E-state index is 11.3. The number of hydrogen-bond acceptors (Lipinski definition) is 3. The number of methoxy groups -OCH3 is 1. The van der Waals surface area contributed by atoms with Gasteiger partial charge in [-0.2, -0.15) is 0 Å². The molecule has 0 radical (unpaired) electrons. The number of aromatic carboxylic acids is 1. The predicted octanol–water partition coefficient (Wildman–Crippen LogP) is 2.26. The quantitative estimate of drug-likeness (QED) is 0.915. The number of rotatable bonds is 4. The molecule has 100 valence electrons. The molecule has 19 heavy (non-hydrogen) atoms. The van der Waals surface area contributed by atoms with Gasteiger partial charge in [0.1, 0.15) is 11.6 Å². The van der Waals surface area contributed by atoms with Crippen molar-refractivity contribution in [2.24, 2.45) is 0 Å². The summed E-state index contributed by atoms with van der Waals surface area (Å²) < 4.78 is 6.97. The molecule has 0 fully saturated rings. The third-order valence-electron chi connectivity index (χ3n) is 3.06. The molecule has 5 nitrogen and oxygen atoms in total. The molecule has 0 amide bonds. The molecule has 0 saturated heterocycles. The Morgan fingerprint density at radius 2 is 2.05 bits per heavy atom. The second kappa shape index (κ2) is 5.14. The molecular weight excluding hydrogens is 244 g/mol. The van der Waals surface area contributed by atoms with Gasteiger partial charge in [-0.25, -0.2) is 9.78 Å². The van der Waals surface area contributed by atoms with Crippen molar-refractivity contribution in [2.45, 2.75) is 20.4 Å². The minimum Gasteiger partial charge on any atom is -0.496 e. The molecule has 1 heterocycles. The van der Waals surface area contributed by atoms with Gasteiger partial charge in [-0.15, -0.1) is 0 Å². The second-order valence-electron chi connectivity index (χ2n) is 4.30. The average molecular weight is 260 g/mol. The van der Waals surface area contributed by atoms with Gasteiger partial charge in [0.05, 0.1) is 19.3 Å². The van der Waals surface area contributed by atoms with Crippen molar-refractivity contribution in [1.29, 1.82) is 0 Å². The van der Waals surface area contributed by atoms with E-state index in [0.717, 1.165) is 11.3 Å². The van der Waals surface area contributed by atoms with Crippen molar-refractivity contribution in [2.75, 3.05) is 7.11 Å². The molecule has 0 atom stereocenters. The summed E-state index contributed by atoms with van der Waals surface area (Å²) in [5.74, 6) is 0.457. The Hall–Kier alpha value is -2.30. The Morgan fingerprint density at radius 1 is 1.37 bits per heavy atom. The van der Waals surface area contributed by atoms with Crippen LogP contribution in [0.2, 0.25) is 0 Å². The number of imidazole rings is 1. The summed E-state index contributed by atoms with van der Waals surface area (Å²) in [4.78, 5) is 15.5. The van der Waals surface area contributed by atoms with Crippen molar-refractivity contribution < 1.29 is 14.6 Å². The fourth-order valence-electron chi connectivity index (χ4n) is 2.18. The third kappa shape index (κ3) is 2.45. The van der Waals surface area contributed by atoms with E-state index >= 15 is 0 Å². The number of aryl methyl sites for hydroxylation is 2. The Labute approximate surface area is 111 Å². The zero-order chi connectivity index (χ0) is 14.0. The summed E-state index contributed by atoms with van der Waals surface area (Å²) in [6, 6.07) is 7.55. The van der Waals surface area contributed by atoms with Crippen LogP contribution >= 0.6 is 0 Å². The lowest BCUT2D eigenvalue weighted by molar-refractivity contribution is 0.0684. The molecule has 1 aromatic heterocycles. The molecular formula is C14H16N2O3. The summed E-state index contributed by atoms with van der Waals surface area (Å²) in [5.41, 5.74) is 1.68. The van der Waals surface area contributed by atoms with Gasteiger partial charge in [0.15, 0.2) is 5.69 Å². The van der Waals surface area contributed by atoms with Gasteiger partial charge in [-0.3, -0.25) is 0 Å². The highest BCUT2D eigenvalue weighted by Gasteiger charge is 2.18. The first-order valence-corrected chi connectivity index (χ1v) is 5.93. The van der Waals surface area contributed by atoms with Gasteiger partial charge in [0, 0.05) is 5.56 Å². The van der Waals surface area contributed by atoms with Crippen LogP contribution in [-0.4, -0.2) is 27.7 Å². The van der Waals surface area contributed by atoms with Crippen LogP contribution in [0.3, 0.4) is 0 Å². The molecule has 0 spiro atoms. The number of carbonyl (C=O) groups is 1. The first-order valence-electron chi connectivity index (χ1n) is 5.93. The molecule has 0 saturated carbocycles. The highest BCUT2D eigenvalue weighted by Crippen LogP contribution is 2.21.